The first-order chi connectivity index (χ1) is 10.4. The maximum Gasteiger partial charge on any atom is 0.240 e. The zero-order valence-electron chi connectivity index (χ0n) is 12.2. The van der Waals surface area contributed by atoms with Crippen LogP contribution < -0.4 is 9.62 Å². The van der Waals surface area contributed by atoms with Crippen LogP contribution in [0.3, 0.4) is 0 Å². The molecule has 1 aromatic heterocycles. The molecule has 0 unspecified atom stereocenters. The van der Waals surface area contributed by atoms with Crippen LogP contribution in [0.5, 0.6) is 0 Å². The number of fused-ring (bicyclic) bond motifs is 1. The van der Waals surface area contributed by atoms with E-state index in [0.29, 0.717) is 0 Å². The van der Waals surface area contributed by atoms with Gasteiger partial charge in [0.25, 0.3) is 0 Å². The van der Waals surface area contributed by atoms with Gasteiger partial charge in [0, 0.05) is 23.8 Å². The molecule has 0 saturated heterocycles. The van der Waals surface area contributed by atoms with E-state index in [-0.39, 0.29) is 23.8 Å². The Hall–Kier alpha value is -1.77. The SMILES string of the molecule is Cc1cnc(CNS(=O)(=O)c2ccc3c(c2)CC(=O)N3C)s1. The summed E-state index contributed by atoms with van der Waals surface area (Å²) in [5.41, 5.74) is 1.50. The molecule has 3 rings (SSSR count). The van der Waals surface area contributed by atoms with Gasteiger partial charge in [-0.15, -0.1) is 11.3 Å². The van der Waals surface area contributed by atoms with E-state index >= 15 is 0 Å². The van der Waals surface area contributed by atoms with Gasteiger partial charge in [-0.2, -0.15) is 0 Å². The normalized spacial score (nSPS) is 14.5. The third kappa shape index (κ3) is 2.77. The summed E-state index contributed by atoms with van der Waals surface area (Å²) in [4.78, 5) is 18.5. The highest BCUT2D eigenvalue weighted by atomic mass is 32.2. The van der Waals surface area contributed by atoms with Crippen LogP contribution in [0, 0.1) is 6.92 Å². The molecule has 0 atom stereocenters. The Morgan fingerprint density at radius 2 is 2.18 bits per heavy atom. The van der Waals surface area contributed by atoms with E-state index in [1.54, 1.807) is 25.4 Å². The van der Waals surface area contributed by atoms with Crippen molar-refractivity contribution < 1.29 is 13.2 Å². The Morgan fingerprint density at radius 1 is 1.41 bits per heavy atom. The number of benzene rings is 1. The molecule has 8 heteroatoms. The number of hydrogen-bond donors (Lipinski definition) is 1. The molecule has 2 heterocycles. The number of carbonyl (C=O) groups excluding carboxylic acids is 1. The second-order valence-electron chi connectivity index (χ2n) is 5.11. The van der Waals surface area contributed by atoms with E-state index in [9.17, 15) is 13.2 Å². The maximum absolute atomic E-state index is 12.3. The molecule has 1 aromatic carbocycles. The molecule has 1 amide bonds. The molecule has 2 aromatic rings. The van der Waals surface area contributed by atoms with Crippen molar-refractivity contribution in [2.45, 2.75) is 24.8 Å². The zero-order chi connectivity index (χ0) is 15.9. The average Bonchev–Trinajstić information content (AvgIpc) is 3.01. The molecule has 0 bridgehead atoms. The number of sulfonamides is 1. The lowest BCUT2D eigenvalue weighted by molar-refractivity contribution is -0.117. The van der Waals surface area contributed by atoms with Crippen molar-refractivity contribution in [3.63, 3.8) is 0 Å². The highest BCUT2D eigenvalue weighted by molar-refractivity contribution is 7.89. The number of hydrogen-bond acceptors (Lipinski definition) is 5. The lowest BCUT2D eigenvalue weighted by Crippen LogP contribution is -2.23. The first-order valence-electron chi connectivity index (χ1n) is 6.67. The van der Waals surface area contributed by atoms with Crippen molar-refractivity contribution in [2.75, 3.05) is 11.9 Å². The van der Waals surface area contributed by atoms with Crippen LogP contribution in [0.15, 0.2) is 29.3 Å². The van der Waals surface area contributed by atoms with Crippen molar-refractivity contribution in [1.29, 1.82) is 0 Å². The van der Waals surface area contributed by atoms with Gasteiger partial charge in [0.2, 0.25) is 15.9 Å². The fraction of sp³-hybridized carbons (Fsp3) is 0.286. The molecular formula is C14H15N3O3S2. The fourth-order valence-corrected chi connectivity index (χ4v) is 4.19. The predicted molar refractivity (Wildman–Crippen MR) is 84.4 cm³/mol. The summed E-state index contributed by atoms with van der Waals surface area (Å²) in [7, 11) is -1.93. The minimum Gasteiger partial charge on any atom is -0.315 e. The summed E-state index contributed by atoms with van der Waals surface area (Å²) >= 11 is 1.45. The number of likely N-dealkylation sites (N-methyl/N-ethyl adjacent to an activating group) is 1. The van der Waals surface area contributed by atoms with Gasteiger partial charge < -0.3 is 4.90 Å². The van der Waals surface area contributed by atoms with Crippen molar-refractivity contribution in [1.82, 2.24) is 9.71 Å². The summed E-state index contributed by atoms with van der Waals surface area (Å²) < 4.78 is 27.2. The third-order valence-electron chi connectivity index (χ3n) is 3.52. The van der Waals surface area contributed by atoms with Crippen LogP contribution in [-0.2, 0) is 27.8 Å². The molecular weight excluding hydrogens is 322 g/mol. The van der Waals surface area contributed by atoms with Crippen molar-refractivity contribution in [3.8, 4) is 0 Å². The quantitative estimate of drug-likeness (QED) is 0.916. The van der Waals surface area contributed by atoms with Gasteiger partial charge in [-0.1, -0.05) is 0 Å². The topological polar surface area (TPSA) is 79.4 Å². The van der Waals surface area contributed by atoms with E-state index in [2.05, 4.69) is 9.71 Å². The van der Waals surface area contributed by atoms with Gasteiger partial charge in [0.05, 0.1) is 17.9 Å². The standard InChI is InChI=1S/C14H15N3O3S2/c1-9-7-15-13(21-9)8-16-22(19,20)11-3-4-12-10(5-11)6-14(18)17(12)2/h3-5,7,16H,6,8H2,1-2H3. The molecule has 6 nitrogen and oxygen atoms in total. The molecule has 116 valence electrons. The fourth-order valence-electron chi connectivity index (χ4n) is 2.34. The Balaban J connectivity index is 1.81. The zero-order valence-corrected chi connectivity index (χ0v) is 13.8. The van der Waals surface area contributed by atoms with E-state index < -0.39 is 10.0 Å². The van der Waals surface area contributed by atoms with E-state index in [0.717, 1.165) is 21.1 Å². The van der Waals surface area contributed by atoms with Gasteiger partial charge in [-0.05, 0) is 30.7 Å². The van der Waals surface area contributed by atoms with Crippen molar-refractivity contribution in [2.24, 2.45) is 0 Å². The van der Waals surface area contributed by atoms with Crippen LogP contribution in [0.4, 0.5) is 5.69 Å². The van der Waals surface area contributed by atoms with Crippen LogP contribution in [0.2, 0.25) is 0 Å². The summed E-state index contributed by atoms with van der Waals surface area (Å²) in [6.07, 6.45) is 1.95. The first kappa shape index (κ1) is 15.1. The van der Waals surface area contributed by atoms with Gasteiger partial charge in [-0.3, -0.25) is 4.79 Å². The minimum absolute atomic E-state index is 0.0317. The van der Waals surface area contributed by atoms with Crippen LogP contribution >= 0.6 is 11.3 Å². The summed E-state index contributed by atoms with van der Waals surface area (Å²) in [6.45, 7) is 2.08. The molecule has 1 aliphatic heterocycles. The molecule has 1 aliphatic rings. The Morgan fingerprint density at radius 3 is 2.86 bits per heavy atom. The van der Waals surface area contributed by atoms with Gasteiger partial charge in [0.1, 0.15) is 5.01 Å². The molecule has 0 fully saturated rings. The van der Waals surface area contributed by atoms with Crippen molar-refractivity contribution >= 4 is 33.0 Å². The predicted octanol–water partition coefficient (Wildman–Crippen LogP) is 1.45. The number of aromatic nitrogens is 1. The molecule has 0 radical (unpaired) electrons. The van der Waals surface area contributed by atoms with Gasteiger partial charge in [-0.25, -0.2) is 18.1 Å². The molecule has 0 spiro atoms. The Bertz CT molecular complexity index is 843. The highest BCUT2D eigenvalue weighted by Crippen LogP contribution is 2.29. The maximum atomic E-state index is 12.3. The monoisotopic (exact) mass is 337 g/mol. The number of aryl methyl sites for hydroxylation is 1. The number of anilines is 1. The van der Waals surface area contributed by atoms with Gasteiger partial charge >= 0.3 is 0 Å². The van der Waals surface area contributed by atoms with E-state index in [1.807, 2.05) is 6.92 Å². The minimum atomic E-state index is -3.62. The third-order valence-corrected chi connectivity index (χ3v) is 5.83. The summed E-state index contributed by atoms with van der Waals surface area (Å²) in [5, 5.41) is 0.720. The average molecular weight is 337 g/mol. The van der Waals surface area contributed by atoms with Crippen LogP contribution in [-0.4, -0.2) is 26.4 Å². The second kappa shape index (κ2) is 5.45. The summed E-state index contributed by atoms with van der Waals surface area (Å²) in [6, 6.07) is 4.75. The number of thiazole rings is 1. The van der Waals surface area contributed by atoms with E-state index in [4.69, 9.17) is 0 Å². The van der Waals surface area contributed by atoms with Crippen molar-refractivity contribution in [3.05, 3.63) is 39.8 Å². The second-order valence-corrected chi connectivity index (χ2v) is 8.20. The van der Waals surface area contributed by atoms with Gasteiger partial charge in [0.15, 0.2) is 0 Å². The van der Waals surface area contributed by atoms with E-state index in [1.165, 1.54) is 22.3 Å². The number of amides is 1. The smallest absolute Gasteiger partial charge is 0.240 e. The number of carbonyl (C=O) groups is 1. The number of rotatable bonds is 4. The number of nitrogens with one attached hydrogen (secondary N) is 1. The molecule has 0 saturated carbocycles. The lowest BCUT2D eigenvalue weighted by atomic mass is 10.2. The highest BCUT2D eigenvalue weighted by Gasteiger charge is 2.26. The Labute approximate surface area is 132 Å². The molecule has 22 heavy (non-hydrogen) atoms. The van der Waals surface area contributed by atoms with Crippen LogP contribution in [0.1, 0.15) is 15.4 Å². The summed E-state index contributed by atoms with van der Waals surface area (Å²) in [5.74, 6) is -0.0317. The molecule has 0 aliphatic carbocycles. The Kier molecular flexibility index (Phi) is 3.75. The number of nitrogens with zero attached hydrogens (tertiary/aromatic N) is 2. The lowest BCUT2D eigenvalue weighted by Gasteiger charge is -2.11. The first-order valence-corrected chi connectivity index (χ1v) is 8.97. The molecule has 1 N–H and O–H groups in total. The largest absolute Gasteiger partial charge is 0.315 e. The van der Waals surface area contributed by atoms with Crippen LogP contribution in [0.25, 0.3) is 0 Å².